The Balaban J connectivity index is 1.58. The van der Waals surface area contributed by atoms with E-state index < -0.39 is 30.1 Å². The van der Waals surface area contributed by atoms with E-state index in [0.29, 0.717) is 6.42 Å². The van der Waals surface area contributed by atoms with Crippen molar-refractivity contribution in [1.29, 1.82) is 0 Å². The standard InChI is InChI=1S/C27H30N2O5/c1-3-5-15-24(26(31)32)29-25(30)16-18(10-4-2)28-27(33)34-17-23-21-13-8-6-11-19(21)20-12-7-9-14-22(20)23/h6-9,11-14,18,23-24H,4,10,15-17H2,1-2H3,(H,28,33)(H,29,30)(H,31,32)/t18-,24?/m0/s1. The van der Waals surface area contributed by atoms with Gasteiger partial charge in [-0.3, -0.25) is 4.79 Å². The molecule has 0 bridgehead atoms. The highest BCUT2D eigenvalue weighted by molar-refractivity contribution is 5.84. The molecule has 2 aromatic rings. The zero-order chi connectivity index (χ0) is 24.5. The van der Waals surface area contributed by atoms with Crippen molar-refractivity contribution in [1.82, 2.24) is 10.6 Å². The van der Waals surface area contributed by atoms with E-state index in [4.69, 9.17) is 4.74 Å². The van der Waals surface area contributed by atoms with Crippen LogP contribution in [0.25, 0.3) is 11.1 Å². The molecule has 34 heavy (non-hydrogen) atoms. The molecule has 3 N–H and O–H groups in total. The van der Waals surface area contributed by atoms with E-state index in [2.05, 4.69) is 34.6 Å². The van der Waals surface area contributed by atoms with Crippen LogP contribution in [0, 0.1) is 11.8 Å². The number of carboxylic acid groups (broad SMARTS) is 1. The molecule has 2 aromatic carbocycles. The molecule has 2 amide bonds. The highest BCUT2D eigenvalue weighted by Gasteiger charge is 2.29. The fraction of sp³-hybridized carbons (Fsp3) is 0.370. The lowest BCUT2D eigenvalue weighted by Crippen LogP contribution is -2.44. The van der Waals surface area contributed by atoms with Gasteiger partial charge in [0.15, 0.2) is 0 Å². The second kappa shape index (κ2) is 11.9. The van der Waals surface area contributed by atoms with Crippen LogP contribution in [-0.2, 0) is 14.3 Å². The van der Waals surface area contributed by atoms with E-state index in [1.165, 1.54) is 0 Å². The molecule has 0 fully saturated rings. The van der Waals surface area contributed by atoms with Gasteiger partial charge in [-0.1, -0.05) is 61.9 Å². The van der Waals surface area contributed by atoms with Crippen molar-refractivity contribution in [3.05, 3.63) is 59.7 Å². The van der Waals surface area contributed by atoms with Crippen molar-refractivity contribution < 1.29 is 24.2 Å². The van der Waals surface area contributed by atoms with Crippen LogP contribution in [0.5, 0.6) is 0 Å². The van der Waals surface area contributed by atoms with E-state index in [0.717, 1.165) is 28.7 Å². The number of alkyl carbamates (subject to hydrolysis) is 1. The average Bonchev–Trinajstić information content (AvgIpc) is 3.14. The van der Waals surface area contributed by atoms with Crippen molar-refractivity contribution in [3.63, 3.8) is 0 Å². The van der Waals surface area contributed by atoms with E-state index in [1.807, 2.05) is 43.3 Å². The molecule has 2 atom stereocenters. The number of carbonyl (C=O) groups excluding carboxylic acids is 2. The van der Waals surface area contributed by atoms with Crippen molar-refractivity contribution in [2.75, 3.05) is 6.61 Å². The van der Waals surface area contributed by atoms with Crippen LogP contribution >= 0.6 is 0 Å². The zero-order valence-electron chi connectivity index (χ0n) is 19.5. The fourth-order valence-electron chi connectivity index (χ4n) is 4.26. The van der Waals surface area contributed by atoms with Gasteiger partial charge in [0, 0.05) is 24.8 Å². The SMILES string of the molecule is CC#CCC(NC(=O)C[C@H](CCC)NC(=O)OCC1c2ccccc2-c2ccccc21)C(=O)O. The second-order valence-corrected chi connectivity index (χ2v) is 8.25. The van der Waals surface area contributed by atoms with Crippen LogP contribution in [0.1, 0.15) is 56.6 Å². The first-order valence-corrected chi connectivity index (χ1v) is 11.5. The molecule has 1 aliphatic carbocycles. The van der Waals surface area contributed by atoms with Crippen molar-refractivity contribution in [2.24, 2.45) is 0 Å². The lowest BCUT2D eigenvalue weighted by atomic mass is 9.98. The normalized spacial score (nSPS) is 13.5. The minimum absolute atomic E-state index is 0.0236. The average molecular weight is 463 g/mol. The number of amides is 2. The molecule has 0 aliphatic heterocycles. The smallest absolute Gasteiger partial charge is 0.407 e. The molecule has 1 aliphatic rings. The first-order valence-electron chi connectivity index (χ1n) is 11.5. The van der Waals surface area contributed by atoms with Crippen LogP contribution < -0.4 is 10.6 Å². The summed E-state index contributed by atoms with van der Waals surface area (Å²) in [6, 6.07) is 14.6. The topological polar surface area (TPSA) is 105 Å². The maximum atomic E-state index is 12.6. The first kappa shape index (κ1) is 24.8. The minimum Gasteiger partial charge on any atom is -0.480 e. The Kier molecular flexibility index (Phi) is 8.69. The van der Waals surface area contributed by atoms with Gasteiger partial charge in [0.1, 0.15) is 12.6 Å². The summed E-state index contributed by atoms with van der Waals surface area (Å²) >= 11 is 0. The maximum Gasteiger partial charge on any atom is 0.407 e. The van der Waals surface area contributed by atoms with Gasteiger partial charge < -0.3 is 20.5 Å². The molecular weight excluding hydrogens is 432 g/mol. The number of fused-ring (bicyclic) bond motifs is 3. The fourth-order valence-corrected chi connectivity index (χ4v) is 4.26. The molecule has 178 valence electrons. The summed E-state index contributed by atoms with van der Waals surface area (Å²) < 4.78 is 5.58. The molecule has 7 nitrogen and oxygen atoms in total. The van der Waals surface area contributed by atoms with Gasteiger partial charge in [0.2, 0.25) is 5.91 Å². The summed E-state index contributed by atoms with van der Waals surface area (Å²) in [5.41, 5.74) is 4.54. The molecule has 0 aromatic heterocycles. The van der Waals surface area contributed by atoms with E-state index in [1.54, 1.807) is 6.92 Å². The second-order valence-electron chi connectivity index (χ2n) is 8.25. The quantitative estimate of drug-likeness (QED) is 0.462. The van der Waals surface area contributed by atoms with Crippen molar-refractivity contribution >= 4 is 18.0 Å². The summed E-state index contributed by atoms with van der Waals surface area (Å²) in [7, 11) is 0. The predicted octanol–water partition coefficient (Wildman–Crippen LogP) is 4.07. The molecule has 0 spiro atoms. The maximum absolute atomic E-state index is 12.6. The lowest BCUT2D eigenvalue weighted by Gasteiger charge is -2.20. The van der Waals surface area contributed by atoms with Crippen LogP contribution in [0.15, 0.2) is 48.5 Å². The molecule has 0 heterocycles. The van der Waals surface area contributed by atoms with Gasteiger partial charge in [0.25, 0.3) is 0 Å². The van der Waals surface area contributed by atoms with Crippen LogP contribution in [0.3, 0.4) is 0 Å². The molecule has 3 rings (SSSR count). The number of benzene rings is 2. The summed E-state index contributed by atoms with van der Waals surface area (Å²) in [4.78, 5) is 36.3. The molecule has 0 saturated carbocycles. The predicted molar refractivity (Wildman–Crippen MR) is 129 cm³/mol. The first-order chi connectivity index (χ1) is 16.4. The Morgan fingerprint density at radius 2 is 1.65 bits per heavy atom. The third-order valence-electron chi connectivity index (χ3n) is 5.85. The highest BCUT2D eigenvalue weighted by Crippen LogP contribution is 2.44. The molecule has 0 saturated heterocycles. The van der Waals surface area contributed by atoms with Gasteiger partial charge in [0.05, 0.1) is 0 Å². The van der Waals surface area contributed by atoms with Gasteiger partial charge in [-0.15, -0.1) is 11.8 Å². The Labute approximate surface area is 199 Å². The van der Waals surface area contributed by atoms with E-state index in [9.17, 15) is 19.5 Å². The number of hydrogen-bond donors (Lipinski definition) is 3. The largest absolute Gasteiger partial charge is 0.480 e. The van der Waals surface area contributed by atoms with Crippen molar-refractivity contribution in [3.8, 4) is 23.0 Å². The summed E-state index contributed by atoms with van der Waals surface area (Å²) in [5, 5.41) is 14.5. The Hall–Kier alpha value is -3.79. The van der Waals surface area contributed by atoms with Crippen LogP contribution in [-0.4, -0.2) is 41.8 Å². The number of nitrogens with one attached hydrogen (secondary N) is 2. The number of ether oxygens (including phenoxy) is 1. The monoisotopic (exact) mass is 462 g/mol. The number of rotatable bonds is 10. The summed E-state index contributed by atoms with van der Waals surface area (Å²) in [6.07, 6.45) is 0.687. The molecular formula is C27H30N2O5. The molecule has 1 unspecified atom stereocenters. The van der Waals surface area contributed by atoms with Gasteiger partial charge in [-0.05, 0) is 35.6 Å². The number of hydrogen-bond acceptors (Lipinski definition) is 4. The summed E-state index contributed by atoms with van der Waals surface area (Å²) in [5.74, 6) is 3.64. The van der Waals surface area contributed by atoms with Gasteiger partial charge in [-0.25, -0.2) is 9.59 Å². The highest BCUT2D eigenvalue weighted by atomic mass is 16.5. The summed E-state index contributed by atoms with van der Waals surface area (Å²) in [6.45, 7) is 3.74. The number of carboxylic acids is 1. The zero-order valence-corrected chi connectivity index (χ0v) is 19.5. The van der Waals surface area contributed by atoms with Gasteiger partial charge in [-0.2, -0.15) is 0 Å². The van der Waals surface area contributed by atoms with Gasteiger partial charge >= 0.3 is 12.1 Å². The van der Waals surface area contributed by atoms with Crippen molar-refractivity contribution in [2.45, 2.75) is 57.5 Å². The minimum atomic E-state index is -1.15. The molecule has 0 radical (unpaired) electrons. The Morgan fingerprint density at radius 3 is 2.21 bits per heavy atom. The van der Waals surface area contributed by atoms with Crippen LogP contribution in [0.2, 0.25) is 0 Å². The van der Waals surface area contributed by atoms with E-state index >= 15 is 0 Å². The third-order valence-corrected chi connectivity index (χ3v) is 5.85. The van der Waals surface area contributed by atoms with E-state index in [-0.39, 0.29) is 25.4 Å². The lowest BCUT2D eigenvalue weighted by molar-refractivity contribution is -0.141. The number of carbonyl (C=O) groups is 3. The Bertz CT molecular complexity index is 1060. The molecule has 7 heteroatoms. The Morgan fingerprint density at radius 1 is 1.03 bits per heavy atom. The third kappa shape index (κ3) is 6.16. The number of aliphatic carboxylic acids is 1. The van der Waals surface area contributed by atoms with Crippen LogP contribution in [0.4, 0.5) is 4.79 Å².